The van der Waals surface area contributed by atoms with Crippen LogP contribution < -0.4 is 11.0 Å². The monoisotopic (exact) mass is 516 g/mol. The highest BCUT2D eigenvalue weighted by Gasteiger charge is 2.24. The van der Waals surface area contributed by atoms with E-state index in [1.807, 2.05) is 59.2 Å². The third-order valence-electron chi connectivity index (χ3n) is 6.72. The zero-order valence-corrected chi connectivity index (χ0v) is 21.1. The molecular weight excluding hydrogens is 492 g/mol. The molecule has 1 aliphatic heterocycles. The minimum absolute atomic E-state index is 0.00756. The van der Waals surface area contributed by atoms with Gasteiger partial charge in [-0.3, -0.25) is 14.2 Å². The number of hydrogen-bond donors (Lipinski definition) is 2. The highest BCUT2D eigenvalue weighted by atomic mass is 16.1. The van der Waals surface area contributed by atoms with Gasteiger partial charge in [0.2, 0.25) is 0 Å². The van der Waals surface area contributed by atoms with Gasteiger partial charge in [-0.1, -0.05) is 78.9 Å². The molecule has 0 amide bonds. The lowest BCUT2D eigenvalue weighted by atomic mass is 10.0. The van der Waals surface area contributed by atoms with Crippen LogP contribution in [0.1, 0.15) is 44.3 Å². The van der Waals surface area contributed by atoms with E-state index < -0.39 is 0 Å². The highest BCUT2D eigenvalue weighted by Crippen LogP contribution is 2.34. The topological polar surface area (TPSA) is 114 Å². The van der Waals surface area contributed by atoms with Crippen molar-refractivity contribution in [2.24, 2.45) is 4.99 Å². The van der Waals surface area contributed by atoms with E-state index in [9.17, 15) is 14.4 Å². The number of H-pyrrole nitrogens is 1. The van der Waals surface area contributed by atoms with Crippen LogP contribution in [0.3, 0.4) is 0 Å². The summed E-state index contributed by atoms with van der Waals surface area (Å²) in [6.07, 6.45) is 3.24. The Labute approximate surface area is 223 Å². The first-order valence-electron chi connectivity index (χ1n) is 12.4. The standard InChI is InChI=1S/C30H24N6O3/c1-19(37)22-11-7-21(8-12-22)16-36-29-26(34-30(36)39)25-28(31-17-32-29)35(18-33-25)15-20-9-13-24(14-10-20)27(38)23-5-3-2-4-6-23/h2-14,17-18H,15-16H2,1H3,(H,31,32)(H,34,39). The summed E-state index contributed by atoms with van der Waals surface area (Å²) < 4.78 is 3.48. The van der Waals surface area contributed by atoms with Crippen molar-refractivity contribution in [1.29, 1.82) is 0 Å². The number of carbonyl (C=O) groups is 2. The molecule has 2 aromatic heterocycles. The normalized spacial score (nSPS) is 11.8. The van der Waals surface area contributed by atoms with Gasteiger partial charge in [0.25, 0.3) is 0 Å². The molecular formula is C30H24N6O3. The van der Waals surface area contributed by atoms with Crippen LogP contribution in [0.15, 0.2) is 95.0 Å². The van der Waals surface area contributed by atoms with Crippen LogP contribution in [0, 0.1) is 0 Å². The third kappa shape index (κ3) is 4.61. The molecule has 0 aliphatic carbocycles. The van der Waals surface area contributed by atoms with Gasteiger partial charge < -0.3 is 14.9 Å². The number of nitrogens with one attached hydrogen (secondary N) is 2. The molecule has 3 heterocycles. The summed E-state index contributed by atoms with van der Waals surface area (Å²) in [4.78, 5) is 49.3. The summed E-state index contributed by atoms with van der Waals surface area (Å²) in [7, 11) is 0. The number of ketones is 2. The summed E-state index contributed by atoms with van der Waals surface area (Å²) in [5.74, 6) is 1.13. The fraction of sp³-hybridized carbons (Fsp3) is 0.100. The maximum Gasteiger partial charge on any atom is 0.327 e. The van der Waals surface area contributed by atoms with Crippen molar-refractivity contribution in [2.75, 3.05) is 5.32 Å². The fourth-order valence-electron chi connectivity index (χ4n) is 4.64. The van der Waals surface area contributed by atoms with Gasteiger partial charge in [-0.15, -0.1) is 0 Å². The predicted molar refractivity (Wildman–Crippen MR) is 149 cm³/mol. The molecule has 0 fully saturated rings. The third-order valence-corrected chi connectivity index (χ3v) is 6.72. The van der Waals surface area contributed by atoms with Gasteiger partial charge in [-0.05, 0) is 18.1 Å². The lowest BCUT2D eigenvalue weighted by molar-refractivity contribution is 0.101. The first-order valence-corrected chi connectivity index (χ1v) is 12.4. The van der Waals surface area contributed by atoms with Crippen LogP contribution >= 0.6 is 0 Å². The lowest BCUT2D eigenvalue weighted by Gasteiger charge is -2.08. The molecule has 0 spiro atoms. The van der Waals surface area contributed by atoms with Crippen molar-refractivity contribution in [3.63, 3.8) is 0 Å². The van der Waals surface area contributed by atoms with Gasteiger partial charge in [-0.25, -0.2) is 14.8 Å². The Hall–Kier alpha value is -5.31. The minimum Gasteiger partial charge on any atom is -0.330 e. The van der Waals surface area contributed by atoms with Crippen LogP contribution in [-0.2, 0) is 13.1 Å². The van der Waals surface area contributed by atoms with E-state index in [1.54, 1.807) is 41.5 Å². The predicted octanol–water partition coefficient (Wildman–Crippen LogP) is 4.66. The van der Waals surface area contributed by atoms with Gasteiger partial charge in [-0.2, -0.15) is 0 Å². The molecule has 5 aromatic rings. The molecule has 0 atom stereocenters. The Morgan fingerprint density at radius 2 is 1.46 bits per heavy atom. The number of aromatic nitrogens is 4. The molecule has 9 nitrogen and oxygen atoms in total. The number of aromatic amines is 1. The molecule has 0 bridgehead atoms. The average molecular weight is 517 g/mol. The second-order valence-electron chi connectivity index (χ2n) is 9.33. The number of anilines is 1. The number of hydrogen-bond acceptors (Lipinski definition) is 6. The van der Waals surface area contributed by atoms with E-state index in [4.69, 9.17) is 0 Å². The zero-order chi connectivity index (χ0) is 26.9. The first kappa shape index (κ1) is 24.1. The van der Waals surface area contributed by atoms with E-state index in [1.165, 1.54) is 6.92 Å². The number of Topliss-reactive ketones (excluding diaryl/α,β-unsaturated/α-hetero) is 1. The number of imidazole rings is 2. The first-order chi connectivity index (χ1) is 19.0. The molecule has 9 heteroatoms. The molecule has 6 rings (SSSR count). The second-order valence-corrected chi connectivity index (χ2v) is 9.33. The fourth-order valence-corrected chi connectivity index (χ4v) is 4.64. The van der Waals surface area contributed by atoms with Gasteiger partial charge in [0.15, 0.2) is 17.4 Å². The maximum atomic E-state index is 12.9. The summed E-state index contributed by atoms with van der Waals surface area (Å²) in [5, 5.41) is 3.12. The molecule has 0 radical (unpaired) electrons. The van der Waals surface area contributed by atoms with Crippen molar-refractivity contribution < 1.29 is 9.59 Å². The average Bonchev–Trinajstić information content (AvgIpc) is 3.43. The summed E-state index contributed by atoms with van der Waals surface area (Å²) in [6.45, 7) is 2.32. The largest absolute Gasteiger partial charge is 0.330 e. The van der Waals surface area contributed by atoms with Gasteiger partial charge in [0.1, 0.15) is 17.2 Å². The molecule has 2 N–H and O–H groups in total. The van der Waals surface area contributed by atoms with E-state index in [0.29, 0.717) is 52.8 Å². The number of benzene rings is 3. The molecule has 0 unspecified atom stereocenters. The molecule has 0 saturated heterocycles. The number of nitrogens with zero attached hydrogens (tertiary/aromatic N) is 4. The SMILES string of the molecule is CC(=O)c1ccc(Cn2c3c([nH]c2=O)-c2ncn(Cc4ccc(C(=O)c5ccccc5)cc4)c2N=CN3)cc1. The Bertz CT molecular complexity index is 1780. The number of fused-ring (bicyclic) bond motifs is 3. The Morgan fingerprint density at radius 3 is 2.15 bits per heavy atom. The Balaban J connectivity index is 1.25. The molecule has 0 saturated carbocycles. The van der Waals surface area contributed by atoms with Gasteiger partial charge in [0.05, 0.1) is 25.8 Å². The number of rotatable bonds is 7. The van der Waals surface area contributed by atoms with Crippen LogP contribution in [0.25, 0.3) is 11.4 Å². The Kier molecular flexibility index (Phi) is 6.08. The van der Waals surface area contributed by atoms with Crippen molar-refractivity contribution in [2.45, 2.75) is 20.0 Å². The highest BCUT2D eigenvalue weighted by molar-refractivity contribution is 6.08. The number of aliphatic imine (C=N–C) groups is 1. The van der Waals surface area contributed by atoms with E-state index in [2.05, 4.69) is 20.3 Å². The minimum atomic E-state index is -0.280. The quantitative estimate of drug-likeness (QED) is 0.306. The summed E-state index contributed by atoms with van der Waals surface area (Å²) in [6, 6.07) is 23.9. The molecule has 192 valence electrons. The molecule has 39 heavy (non-hydrogen) atoms. The van der Waals surface area contributed by atoms with E-state index >= 15 is 0 Å². The van der Waals surface area contributed by atoms with Gasteiger partial charge >= 0.3 is 5.69 Å². The van der Waals surface area contributed by atoms with Crippen LogP contribution in [0.2, 0.25) is 0 Å². The second kappa shape index (κ2) is 9.86. The van der Waals surface area contributed by atoms with Crippen LogP contribution in [-0.4, -0.2) is 37.0 Å². The maximum absolute atomic E-state index is 12.9. The lowest BCUT2D eigenvalue weighted by Crippen LogP contribution is -2.19. The van der Waals surface area contributed by atoms with Crippen LogP contribution in [0.4, 0.5) is 11.6 Å². The number of carbonyl (C=O) groups excluding carboxylic acids is 2. The van der Waals surface area contributed by atoms with Crippen molar-refractivity contribution >= 4 is 29.5 Å². The Morgan fingerprint density at radius 1 is 0.821 bits per heavy atom. The zero-order valence-electron chi connectivity index (χ0n) is 21.1. The smallest absolute Gasteiger partial charge is 0.327 e. The van der Waals surface area contributed by atoms with Crippen LogP contribution in [0.5, 0.6) is 0 Å². The van der Waals surface area contributed by atoms with E-state index in [-0.39, 0.29) is 17.3 Å². The van der Waals surface area contributed by atoms with Crippen molar-refractivity contribution in [3.8, 4) is 11.4 Å². The summed E-state index contributed by atoms with van der Waals surface area (Å²) >= 11 is 0. The van der Waals surface area contributed by atoms with Crippen molar-refractivity contribution in [1.82, 2.24) is 19.1 Å². The molecule has 3 aromatic carbocycles. The van der Waals surface area contributed by atoms with Gasteiger partial charge in [0, 0.05) is 16.7 Å². The summed E-state index contributed by atoms with van der Waals surface area (Å²) in [5.41, 5.74) is 4.59. The van der Waals surface area contributed by atoms with Crippen molar-refractivity contribution in [3.05, 3.63) is 123 Å². The van der Waals surface area contributed by atoms with E-state index in [0.717, 1.165) is 11.1 Å². The molecule has 1 aliphatic rings.